The third-order valence-electron chi connectivity index (χ3n) is 5.28. The number of anilines is 1. The molecule has 4 amide bonds. The van der Waals surface area contributed by atoms with Crippen molar-refractivity contribution in [2.24, 2.45) is 0 Å². The Morgan fingerprint density at radius 2 is 2.08 bits per heavy atom. The molecular formula is C17H17N3O5. The van der Waals surface area contributed by atoms with Crippen LogP contribution in [0.4, 0.5) is 15.3 Å². The molecule has 1 aromatic carbocycles. The van der Waals surface area contributed by atoms with Gasteiger partial charge in [-0.3, -0.25) is 4.79 Å². The molecule has 2 spiro atoms. The number of benzene rings is 1. The number of nitrogens with zero attached hydrogens (tertiary/aromatic N) is 1. The number of hydrogen-bond donors (Lipinski definition) is 2. The summed E-state index contributed by atoms with van der Waals surface area (Å²) in [6.07, 6.45) is 1.90. The number of fused-ring (bicyclic) bond motifs is 3. The van der Waals surface area contributed by atoms with E-state index in [-0.39, 0.29) is 18.0 Å². The van der Waals surface area contributed by atoms with Crippen LogP contribution in [0.3, 0.4) is 0 Å². The van der Waals surface area contributed by atoms with Crippen LogP contribution in [0.1, 0.15) is 30.4 Å². The number of carbonyl (C=O) groups excluding carboxylic acids is 4. The van der Waals surface area contributed by atoms with Crippen LogP contribution in [0.5, 0.6) is 0 Å². The average molecular weight is 343 g/mol. The lowest BCUT2D eigenvalue weighted by molar-refractivity contribution is -0.138. The van der Waals surface area contributed by atoms with Crippen molar-refractivity contribution in [2.75, 3.05) is 18.9 Å². The molecule has 1 aromatic rings. The van der Waals surface area contributed by atoms with Crippen LogP contribution in [0, 0.1) is 0 Å². The number of carbonyl (C=O) groups is 4. The first kappa shape index (κ1) is 15.6. The molecule has 130 valence electrons. The van der Waals surface area contributed by atoms with Crippen LogP contribution in [-0.2, 0) is 25.3 Å². The molecule has 3 aliphatic rings. The maximum absolute atomic E-state index is 12.9. The van der Waals surface area contributed by atoms with E-state index in [1.54, 1.807) is 12.1 Å². The van der Waals surface area contributed by atoms with Gasteiger partial charge in [0.05, 0.1) is 6.54 Å². The number of urea groups is 1. The van der Waals surface area contributed by atoms with E-state index in [9.17, 15) is 19.2 Å². The fourth-order valence-electron chi connectivity index (χ4n) is 3.93. The Morgan fingerprint density at radius 3 is 2.72 bits per heavy atom. The molecule has 8 nitrogen and oxygen atoms in total. The maximum atomic E-state index is 12.9. The fraction of sp³-hybridized carbons (Fsp3) is 0.412. The first-order chi connectivity index (χ1) is 12.0. The Balaban J connectivity index is 1.76. The third-order valence-corrected chi connectivity index (χ3v) is 5.28. The number of hydrogen-bond acceptors (Lipinski definition) is 5. The summed E-state index contributed by atoms with van der Waals surface area (Å²) in [6, 6.07) is 4.91. The maximum Gasteiger partial charge on any atom is 0.418 e. The zero-order valence-corrected chi connectivity index (χ0v) is 13.6. The van der Waals surface area contributed by atoms with Crippen molar-refractivity contribution >= 4 is 30.0 Å². The zero-order chi connectivity index (χ0) is 17.8. The minimum atomic E-state index is -1.35. The quantitative estimate of drug-likeness (QED) is 0.804. The summed E-state index contributed by atoms with van der Waals surface area (Å²) in [5.41, 5.74) is 0.637. The van der Waals surface area contributed by atoms with Gasteiger partial charge in [-0.1, -0.05) is 6.07 Å². The van der Waals surface area contributed by atoms with Gasteiger partial charge in [-0.2, -0.15) is 0 Å². The fourth-order valence-corrected chi connectivity index (χ4v) is 3.93. The van der Waals surface area contributed by atoms with Gasteiger partial charge in [0.25, 0.3) is 5.91 Å². The standard InChI is InChI=1S/C17H17N3O5/c1-18-14(23)19-10-2-3-11-12(8-10)16(4-5-16)9-17(11)13(22)20(6-7-21)15(24)25-17/h2-3,7-8H,4-6,9H2,1H3,(H2,18,19,23). The van der Waals surface area contributed by atoms with Crippen molar-refractivity contribution in [1.29, 1.82) is 0 Å². The van der Waals surface area contributed by atoms with E-state index in [1.807, 2.05) is 6.07 Å². The van der Waals surface area contributed by atoms with Crippen molar-refractivity contribution in [3.63, 3.8) is 0 Å². The minimum absolute atomic E-state index is 0.206. The molecule has 2 aliphatic carbocycles. The van der Waals surface area contributed by atoms with Gasteiger partial charge in [-0.15, -0.1) is 0 Å². The number of amides is 4. The highest BCUT2D eigenvalue weighted by Gasteiger charge is 2.67. The van der Waals surface area contributed by atoms with Gasteiger partial charge in [0.15, 0.2) is 0 Å². The van der Waals surface area contributed by atoms with Gasteiger partial charge in [0.1, 0.15) is 6.29 Å². The molecule has 1 saturated carbocycles. The molecule has 0 radical (unpaired) electrons. The van der Waals surface area contributed by atoms with E-state index in [0.29, 0.717) is 24.0 Å². The summed E-state index contributed by atoms with van der Waals surface area (Å²) in [7, 11) is 1.53. The molecule has 0 bridgehead atoms. The lowest BCUT2D eigenvalue weighted by atomic mass is 9.94. The summed E-state index contributed by atoms with van der Waals surface area (Å²) in [4.78, 5) is 48.1. The van der Waals surface area contributed by atoms with Crippen molar-refractivity contribution in [3.8, 4) is 0 Å². The van der Waals surface area contributed by atoms with Gasteiger partial charge in [0.2, 0.25) is 5.60 Å². The van der Waals surface area contributed by atoms with E-state index < -0.39 is 17.6 Å². The number of rotatable bonds is 3. The zero-order valence-electron chi connectivity index (χ0n) is 13.6. The van der Waals surface area contributed by atoms with Gasteiger partial charge >= 0.3 is 12.1 Å². The number of aldehydes is 1. The number of ether oxygens (including phenoxy) is 1. The van der Waals surface area contributed by atoms with Crippen molar-refractivity contribution in [3.05, 3.63) is 29.3 Å². The Morgan fingerprint density at radius 1 is 1.32 bits per heavy atom. The van der Waals surface area contributed by atoms with Crippen LogP contribution in [0.2, 0.25) is 0 Å². The number of imide groups is 1. The molecule has 2 N–H and O–H groups in total. The molecular weight excluding hydrogens is 326 g/mol. The Hall–Kier alpha value is -2.90. The summed E-state index contributed by atoms with van der Waals surface area (Å²) in [5.74, 6) is -0.485. The Labute approximate surface area is 143 Å². The van der Waals surface area contributed by atoms with Gasteiger partial charge in [0, 0.05) is 30.1 Å². The second kappa shape index (κ2) is 5.05. The predicted molar refractivity (Wildman–Crippen MR) is 86.0 cm³/mol. The van der Waals surface area contributed by atoms with Crippen molar-refractivity contribution in [1.82, 2.24) is 10.2 Å². The van der Waals surface area contributed by atoms with Crippen molar-refractivity contribution < 1.29 is 23.9 Å². The van der Waals surface area contributed by atoms with Crippen LogP contribution in [0.15, 0.2) is 18.2 Å². The average Bonchev–Trinajstić information content (AvgIpc) is 3.27. The Kier molecular flexibility index (Phi) is 3.15. The first-order valence-electron chi connectivity index (χ1n) is 8.08. The summed E-state index contributed by atoms with van der Waals surface area (Å²) in [6.45, 7) is -0.307. The smallest absolute Gasteiger partial charge is 0.418 e. The van der Waals surface area contributed by atoms with Crippen LogP contribution in [0.25, 0.3) is 0 Å². The second-order valence-corrected chi connectivity index (χ2v) is 6.70. The Bertz CT molecular complexity index is 817. The molecule has 1 atom stereocenters. The molecule has 1 unspecified atom stereocenters. The molecule has 4 rings (SSSR count). The van der Waals surface area contributed by atoms with E-state index in [1.165, 1.54) is 7.05 Å². The topological polar surface area (TPSA) is 105 Å². The molecule has 1 aliphatic heterocycles. The van der Waals surface area contributed by atoms with Gasteiger partial charge in [-0.25, -0.2) is 14.5 Å². The van der Waals surface area contributed by atoms with Crippen LogP contribution >= 0.6 is 0 Å². The number of nitrogens with one attached hydrogen (secondary N) is 2. The van der Waals surface area contributed by atoms with E-state index in [4.69, 9.17) is 4.74 Å². The van der Waals surface area contributed by atoms with Gasteiger partial charge in [-0.05, 0) is 30.5 Å². The molecule has 25 heavy (non-hydrogen) atoms. The predicted octanol–water partition coefficient (Wildman–Crippen LogP) is 1.25. The first-order valence-corrected chi connectivity index (χ1v) is 8.08. The van der Waals surface area contributed by atoms with Gasteiger partial charge < -0.3 is 20.2 Å². The minimum Gasteiger partial charge on any atom is -0.427 e. The highest BCUT2D eigenvalue weighted by atomic mass is 16.6. The van der Waals surface area contributed by atoms with Crippen LogP contribution < -0.4 is 10.6 Å². The molecule has 2 fully saturated rings. The lowest BCUT2D eigenvalue weighted by Crippen LogP contribution is -2.38. The SMILES string of the molecule is CNC(=O)Nc1ccc2c(c1)C1(CC1)CC21OC(=O)N(CC=O)C1=O. The van der Waals surface area contributed by atoms with Crippen LogP contribution in [-0.4, -0.2) is 42.8 Å². The summed E-state index contributed by atoms with van der Waals surface area (Å²) in [5, 5.41) is 5.20. The highest BCUT2D eigenvalue weighted by Crippen LogP contribution is 2.64. The summed E-state index contributed by atoms with van der Waals surface area (Å²) < 4.78 is 5.51. The highest BCUT2D eigenvalue weighted by molar-refractivity contribution is 6.05. The van der Waals surface area contributed by atoms with E-state index in [0.717, 1.165) is 23.3 Å². The monoisotopic (exact) mass is 343 g/mol. The molecule has 1 saturated heterocycles. The third kappa shape index (κ3) is 2.06. The lowest BCUT2D eigenvalue weighted by Gasteiger charge is -2.20. The normalized spacial score (nSPS) is 25.1. The van der Waals surface area contributed by atoms with E-state index >= 15 is 0 Å². The molecule has 0 aromatic heterocycles. The summed E-state index contributed by atoms with van der Waals surface area (Å²) >= 11 is 0. The molecule has 1 heterocycles. The molecule has 8 heteroatoms. The largest absolute Gasteiger partial charge is 0.427 e. The van der Waals surface area contributed by atoms with Crippen molar-refractivity contribution in [2.45, 2.75) is 30.3 Å². The second-order valence-electron chi connectivity index (χ2n) is 6.70. The van der Waals surface area contributed by atoms with E-state index in [2.05, 4.69) is 10.6 Å².